The van der Waals surface area contributed by atoms with Crippen molar-refractivity contribution in [2.24, 2.45) is 7.05 Å². The topological polar surface area (TPSA) is 69.0 Å². The van der Waals surface area contributed by atoms with Gasteiger partial charge in [0.05, 0.1) is 5.75 Å². The van der Waals surface area contributed by atoms with E-state index in [1.165, 1.54) is 17.3 Å². The van der Waals surface area contributed by atoms with Crippen LogP contribution in [0.1, 0.15) is 44.2 Å². The van der Waals surface area contributed by atoms with Gasteiger partial charge in [0, 0.05) is 12.7 Å². The lowest BCUT2D eigenvalue weighted by molar-refractivity contribution is -0.113. The molecule has 0 radical (unpaired) electrons. The average Bonchev–Trinajstić information content (AvgIpc) is 3.08. The Balaban J connectivity index is 1.55. The Morgan fingerprint density at radius 3 is 2.41 bits per heavy atom. The lowest BCUT2D eigenvalue weighted by Crippen LogP contribution is -2.15. The van der Waals surface area contributed by atoms with E-state index in [9.17, 15) is 4.79 Å². The molecule has 1 unspecified atom stereocenters. The van der Waals surface area contributed by atoms with Gasteiger partial charge in [-0.05, 0) is 42.7 Å². The Hall–Kier alpha value is -2.80. The number of benzene rings is 2. The maximum absolute atomic E-state index is 12.3. The van der Waals surface area contributed by atoms with Crippen LogP contribution in [0, 0.1) is 0 Å². The molecule has 29 heavy (non-hydrogen) atoms. The molecule has 1 heterocycles. The third kappa shape index (κ3) is 5.60. The molecule has 2 aromatic carbocycles. The highest BCUT2D eigenvalue weighted by Gasteiger charge is 2.18. The van der Waals surface area contributed by atoms with Crippen molar-refractivity contribution in [3.63, 3.8) is 0 Å². The molecule has 0 fully saturated rings. The summed E-state index contributed by atoms with van der Waals surface area (Å²) in [7, 11) is 1.88. The van der Waals surface area contributed by atoms with Gasteiger partial charge in [-0.3, -0.25) is 4.79 Å². The molecule has 7 heteroatoms. The molecule has 0 aliphatic rings. The van der Waals surface area contributed by atoms with Gasteiger partial charge in [-0.25, -0.2) is 0 Å². The Morgan fingerprint density at radius 2 is 1.76 bits per heavy atom. The summed E-state index contributed by atoms with van der Waals surface area (Å²) in [4.78, 5) is 12.3. The van der Waals surface area contributed by atoms with E-state index in [1.54, 1.807) is 0 Å². The third-order valence-electron chi connectivity index (χ3n) is 4.48. The average molecular weight is 411 g/mol. The van der Waals surface area contributed by atoms with Crippen molar-refractivity contribution in [2.45, 2.75) is 37.9 Å². The molecular weight excluding hydrogens is 384 g/mol. The van der Waals surface area contributed by atoms with Crippen LogP contribution in [0.25, 0.3) is 0 Å². The second-order valence-corrected chi connectivity index (χ2v) is 8.03. The first kappa shape index (κ1) is 20.9. The maximum atomic E-state index is 12.3. The van der Waals surface area contributed by atoms with Gasteiger partial charge in [0.2, 0.25) is 5.91 Å². The van der Waals surface area contributed by atoms with Gasteiger partial charge >= 0.3 is 0 Å². The number of carbonyl (C=O) groups is 1. The Labute approximate surface area is 175 Å². The van der Waals surface area contributed by atoms with Crippen LogP contribution in [-0.2, 0) is 11.8 Å². The van der Waals surface area contributed by atoms with Crippen LogP contribution in [0.15, 0.2) is 59.8 Å². The number of anilines is 1. The Morgan fingerprint density at radius 1 is 1.07 bits per heavy atom. The summed E-state index contributed by atoms with van der Waals surface area (Å²) >= 11 is 1.35. The number of rotatable bonds is 8. The first-order chi connectivity index (χ1) is 13.9. The van der Waals surface area contributed by atoms with E-state index in [0.29, 0.717) is 16.9 Å². The smallest absolute Gasteiger partial charge is 0.234 e. The normalized spacial score (nSPS) is 12.0. The number of carbonyl (C=O) groups excluding carboxylic acids is 1. The molecule has 1 aromatic heterocycles. The minimum Gasteiger partial charge on any atom is -0.483 e. The lowest BCUT2D eigenvalue weighted by Gasteiger charge is -2.14. The van der Waals surface area contributed by atoms with Crippen molar-refractivity contribution in [3.05, 3.63) is 66.0 Å². The largest absolute Gasteiger partial charge is 0.483 e. The fourth-order valence-corrected chi connectivity index (χ4v) is 3.56. The van der Waals surface area contributed by atoms with Crippen molar-refractivity contribution in [2.75, 3.05) is 11.1 Å². The molecule has 3 aromatic rings. The predicted octanol–water partition coefficient (Wildman–Crippen LogP) is 4.81. The molecule has 0 spiro atoms. The van der Waals surface area contributed by atoms with Crippen LogP contribution in [0.5, 0.6) is 5.75 Å². The summed E-state index contributed by atoms with van der Waals surface area (Å²) in [6.45, 7) is 6.22. The predicted molar refractivity (Wildman–Crippen MR) is 116 cm³/mol. The number of hydrogen-bond donors (Lipinski definition) is 1. The fourth-order valence-electron chi connectivity index (χ4n) is 2.84. The van der Waals surface area contributed by atoms with Crippen LogP contribution < -0.4 is 10.1 Å². The van der Waals surface area contributed by atoms with Crippen molar-refractivity contribution in [1.82, 2.24) is 14.8 Å². The SMILES string of the molecule is CC(C)c1ccc(NC(=O)CSc2nnc(C(C)Oc3ccccc3)n2C)cc1. The number of hydrogen-bond acceptors (Lipinski definition) is 5. The molecule has 3 rings (SSSR count). The van der Waals surface area contributed by atoms with Crippen LogP contribution in [-0.4, -0.2) is 26.4 Å². The minimum atomic E-state index is -0.252. The highest BCUT2D eigenvalue weighted by atomic mass is 32.2. The molecular formula is C22H26N4O2S. The Kier molecular flexibility index (Phi) is 6.93. The summed E-state index contributed by atoms with van der Waals surface area (Å²) in [5.41, 5.74) is 2.04. The van der Waals surface area contributed by atoms with Gasteiger partial charge in [-0.2, -0.15) is 0 Å². The Bertz CT molecular complexity index is 939. The van der Waals surface area contributed by atoms with E-state index in [-0.39, 0.29) is 17.8 Å². The van der Waals surface area contributed by atoms with Crippen LogP contribution >= 0.6 is 11.8 Å². The van der Waals surface area contributed by atoms with E-state index in [2.05, 4.69) is 29.4 Å². The third-order valence-corrected chi connectivity index (χ3v) is 5.50. The summed E-state index contributed by atoms with van der Waals surface area (Å²) < 4.78 is 7.78. The quantitative estimate of drug-likeness (QED) is 0.540. The number of para-hydroxylation sites is 1. The number of nitrogens with zero attached hydrogens (tertiary/aromatic N) is 3. The van der Waals surface area contributed by atoms with E-state index >= 15 is 0 Å². The van der Waals surface area contributed by atoms with Crippen molar-refractivity contribution < 1.29 is 9.53 Å². The van der Waals surface area contributed by atoms with Crippen molar-refractivity contribution in [1.29, 1.82) is 0 Å². The zero-order chi connectivity index (χ0) is 20.8. The molecule has 152 valence electrons. The first-order valence-electron chi connectivity index (χ1n) is 9.57. The summed E-state index contributed by atoms with van der Waals surface area (Å²) in [5.74, 6) is 2.13. The fraction of sp³-hybridized carbons (Fsp3) is 0.318. The van der Waals surface area contributed by atoms with Gasteiger partial charge in [0.15, 0.2) is 17.1 Å². The van der Waals surface area contributed by atoms with Gasteiger partial charge < -0.3 is 14.6 Å². The number of amides is 1. The maximum Gasteiger partial charge on any atom is 0.234 e. The molecule has 0 saturated carbocycles. The second-order valence-electron chi connectivity index (χ2n) is 7.09. The highest BCUT2D eigenvalue weighted by molar-refractivity contribution is 7.99. The number of thioether (sulfide) groups is 1. The molecule has 0 bridgehead atoms. The van der Waals surface area contributed by atoms with E-state index in [0.717, 1.165) is 11.4 Å². The summed E-state index contributed by atoms with van der Waals surface area (Å²) in [6.07, 6.45) is -0.252. The van der Waals surface area contributed by atoms with E-state index in [1.807, 2.05) is 73.1 Å². The summed E-state index contributed by atoms with van der Waals surface area (Å²) in [5, 5.41) is 12.0. The molecule has 1 N–H and O–H groups in total. The minimum absolute atomic E-state index is 0.0783. The summed E-state index contributed by atoms with van der Waals surface area (Å²) in [6, 6.07) is 17.5. The number of ether oxygens (including phenoxy) is 1. The van der Waals surface area contributed by atoms with E-state index in [4.69, 9.17) is 4.74 Å². The monoisotopic (exact) mass is 410 g/mol. The van der Waals surface area contributed by atoms with Crippen LogP contribution in [0.4, 0.5) is 5.69 Å². The highest BCUT2D eigenvalue weighted by Crippen LogP contribution is 2.23. The number of nitrogens with one attached hydrogen (secondary N) is 1. The molecule has 0 aliphatic heterocycles. The molecule has 0 aliphatic carbocycles. The number of aromatic nitrogens is 3. The van der Waals surface area contributed by atoms with Crippen molar-refractivity contribution in [3.8, 4) is 5.75 Å². The van der Waals surface area contributed by atoms with Gasteiger partial charge in [0.25, 0.3) is 0 Å². The molecule has 1 atom stereocenters. The van der Waals surface area contributed by atoms with E-state index < -0.39 is 0 Å². The lowest BCUT2D eigenvalue weighted by atomic mass is 10.0. The zero-order valence-electron chi connectivity index (χ0n) is 17.1. The van der Waals surface area contributed by atoms with Crippen LogP contribution in [0.3, 0.4) is 0 Å². The van der Waals surface area contributed by atoms with Crippen LogP contribution in [0.2, 0.25) is 0 Å². The molecule has 6 nitrogen and oxygen atoms in total. The molecule has 1 amide bonds. The van der Waals surface area contributed by atoms with Gasteiger partial charge in [-0.15, -0.1) is 10.2 Å². The standard InChI is InChI=1S/C22H26N4O2S/c1-15(2)17-10-12-18(13-11-17)23-20(27)14-29-22-25-24-21(26(22)4)16(3)28-19-8-6-5-7-9-19/h5-13,15-16H,14H2,1-4H3,(H,23,27). The molecule has 0 saturated heterocycles. The van der Waals surface area contributed by atoms with Gasteiger partial charge in [0.1, 0.15) is 5.75 Å². The second kappa shape index (κ2) is 9.60. The zero-order valence-corrected chi connectivity index (χ0v) is 17.9. The van der Waals surface area contributed by atoms with Crippen molar-refractivity contribution >= 4 is 23.4 Å². The van der Waals surface area contributed by atoms with Gasteiger partial charge in [-0.1, -0.05) is 55.9 Å². The first-order valence-corrected chi connectivity index (χ1v) is 10.6.